The first-order valence-corrected chi connectivity index (χ1v) is 8.89. The van der Waals surface area contributed by atoms with E-state index < -0.39 is 11.8 Å². The fourth-order valence-electron chi connectivity index (χ4n) is 3.18. The van der Waals surface area contributed by atoms with E-state index in [1.165, 1.54) is 12.4 Å². The molecule has 7 nitrogen and oxygen atoms in total. The summed E-state index contributed by atoms with van der Waals surface area (Å²) in [6, 6.07) is 15.6. The Morgan fingerprint density at radius 1 is 0.931 bits per heavy atom. The van der Waals surface area contributed by atoms with Crippen molar-refractivity contribution in [2.45, 2.75) is 0 Å². The zero-order valence-corrected chi connectivity index (χ0v) is 15.4. The molecule has 0 atom stereocenters. The van der Waals surface area contributed by atoms with Crippen LogP contribution >= 0.6 is 0 Å². The van der Waals surface area contributed by atoms with Crippen molar-refractivity contribution < 1.29 is 14.4 Å². The van der Waals surface area contributed by atoms with Crippen molar-refractivity contribution in [2.24, 2.45) is 0 Å². The monoisotopic (exact) mass is 384 g/mol. The number of para-hydroxylation sites is 1. The number of amides is 3. The highest BCUT2D eigenvalue weighted by Gasteiger charge is 2.37. The van der Waals surface area contributed by atoms with Gasteiger partial charge in [-0.05, 0) is 36.4 Å². The molecule has 0 radical (unpaired) electrons. The Balaban J connectivity index is 1.61. The van der Waals surface area contributed by atoms with Crippen LogP contribution < -0.4 is 9.80 Å². The second-order valence-electron chi connectivity index (χ2n) is 6.35. The molecule has 7 heteroatoms. The summed E-state index contributed by atoms with van der Waals surface area (Å²) in [5.74, 6) is -1.13. The number of nitrogens with zero attached hydrogens (tertiary/aromatic N) is 4. The number of anilines is 2. The zero-order valence-electron chi connectivity index (χ0n) is 15.4. The number of carbonyl (C=O) groups excluding carboxylic acids is 3. The number of carbonyl (C=O) groups is 3. The number of aromatic nitrogens is 2. The van der Waals surface area contributed by atoms with Gasteiger partial charge in [0.2, 0.25) is 0 Å². The van der Waals surface area contributed by atoms with E-state index in [9.17, 15) is 14.4 Å². The minimum atomic E-state index is -0.462. The molecule has 0 spiro atoms. The molecular formula is C22H16N4O3. The van der Waals surface area contributed by atoms with Crippen LogP contribution in [0.15, 0.2) is 79.6 Å². The molecule has 3 amide bonds. The van der Waals surface area contributed by atoms with Crippen LogP contribution in [0.1, 0.15) is 31.1 Å². The maximum Gasteiger partial charge on any atom is 0.267 e. The van der Waals surface area contributed by atoms with Crippen LogP contribution in [-0.4, -0.2) is 34.5 Å². The highest BCUT2D eigenvalue weighted by Crippen LogP contribution is 2.28. The average Bonchev–Trinajstić information content (AvgIpc) is 3.03. The van der Waals surface area contributed by atoms with E-state index in [1.807, 2.05) is 30.3 Å². The molecule has 29 heavy (non-hydrogen) atoms. The van der Waals surface area contributed by atoms with Gasteiger partial charge < -0.3 is 4.90 Å². The van der Waals surface area contributed by atoms with Crippen molar-refractivity contribution in [3.63, 3.8) is 0 Å². The van der Waals surface area contributed by atoms with Gasteiger partial charge >= 0.3 is 0 Å². The summed E-state index contributed by atoms with van der Waals surface area (Å²) < 4.78 is 0. The number of rotatable bonds is 5. The predicted octanol–water partition coefficient (Wildman–Crippen LogP) is 3.11. The van der Waals surface area contributed by atoms with Gasteiger partial charge in [-0.25, -0.2) is 4.90 Å². The average molecular weight is 384 g/mol. The summed E-state index contributed by atoms with van der Waals surface area (Å²) in [7, 11) is 0. The molecule has 0 unspecified atom stereocenters. The minimum absolute atomic E-state index is 0.210. The largest absolute Gasteiger partial charge is 0.305 e. The normalized spacial score (nSPS) is 12.6. The lowest BCUT2D eigenvalue weighted by molar-refractivity contribution is 0.0925. The second-order valence-corrected chi connectivity index (χ2v) is 6.35. The second kappa shape index (κ2) is 7.47. The molecule has 2 aromatic carbocycles. The van der Waals surface area contributed by atoms with Gasteiger partial charge in [0.25, 0.3) is 17.7 Å². The first-order chi connectivity index (χ1) is 14.1. The summed E-state index contributed by atoms with van der Waals surface area (Å²) in [6.45, 7) is 4.07. The SMILES string of the molecule is C=CCN(C(=O)c1ccc(N2C(=O)c3cnncc3C2=O)cc1)c1ccccc1. The number of fused-ring (bicyclic) bond motifs is 1. The summed E-state index contributed by atoms with van der Waals surface area (Å²) in [6.07, 6.45) is 4.21. The van der Waals surface area contributed by atoms with Crippen LogP contribution in [0.3, 0.4) is 0 Å². The Kier molecular flexibility index (Phi) is 4.70. The van der Waals surface area contributed by atoms with Crippen molar-refractivity contribution in [2.75, 3.05) is 16.3 Å². The highest BCUT2D eigenvalue weighted by atomic mass is 16.2. The number of benzene rings is 2. The van der Waals surface area contributed by atoms with E-state index in [2.05, 4.69) is 16.8 Å². The minimum Gasteiger partial charge on any atom is -0.305 e. The summed E-state index contributed by atoms with van der Waals surface area (Å²) in [5.41, 5.74) is 1.99. The Labute approximate surface area is 166 Å². The molecule has 3 aromatic rings. The quantitative estimate of drug-likeness (QED) is 0.499. The van der Waals surface area contributed by atoms with Crippen molar-refractivity contribution in [3.05, 3.63) is 96.3 Å². The molecule has 2 heterocycles. The van der Waals surface area contributed by atoms with Crippen molar-refractivity contribution in [3.8, 4) is 0 Å². The van der Waals surface area contributed by atoms with Gasteiger partial charge in [-0.1, -0.05) is 24.3 Å². The molecule has 1 aliphatic heterocycles. The van der Waals surface area contributed by atoms with Crippen LogP contribution in [0.4, 0.5) is 11.4 Å². The standard InChI is InChI=1S/C22H16N4O3/c1-2-12-25(16-6-4-3-5-7-16)20(27)15-8-10-17(11-9-15)26-21(28)18-13-23-24-14-19(18)22(26)29/h2-11,13-14H,1,12H2. The van der Waals surface area contributed by atoms with E-state index in [1.54, 1.807) is 35.2 Å². The van der Waals surface area contributed by atoms with Gasteiger partial charge in [-0.2, -0.15) is 10.2 Å². The molecule has 0 saturated heterocycles. The molecule has 0 N–H and O–H groups in total. The lowest BCUT2D eigenvalue weighted by Crippen LogP contribution is -2.31. The Bertz CT molecular complexity index is 1080. The van der Waals surface area contributed by atoms with Crippen molar-refractivity contribution in [1.82, 2.24) is 10.2 Å². The van der Waals surface area contributed by atoms with Crippen LogP contribution in [-0.2, 0) is 0 Å². The third-order valence-electron chi connectivity index (χ3n) is 4.59. The molecule has 1 aromatic heterocycles. The fraction of sp³-hybridized carbons (Fsp3) is 0.0455. The smallest absolute Gasteiger partial charge is 0.267 e. The van der Waals surface area contributed by atoms with Crippen LogP contribution in [0.2, 0.25) is 0 Å². The first-order valence-electron chi connectivity index (χ1n) is 8.89. The maximum absolute atomic E-state index is 13.0. The molecule has 0 fully saturated rings. The van der Waals surface area contributed by atoms with Crippen LogP contribution in [0.25, 0.3) is 0 Å². The fourth-order valence-corrected chi connectivity index (χ4v) is 3.18. The van der Waals surface area contributed by atoms with E-state index in [-0.39, 0.29) is 17.0 Å². The first kappa shape index (κ1) is 18.2. The summed E-state index contributed by atoms with van der Waals surface area (Å²) in [5, 5.41) is 7.33. The maximum atomic E-state index is 13.0. The lowest BCUT2D eigenvalue weighted by atomic mass is 10.1. The van der Waals surface area contributed by atoms with Crippen molar-refractivity contribution >= 4 is 29.1 Å². The molecule has 0 saturated carbocycles. The molecule has 0 bridgehead atoms. The van der Waals surface area contributed by atoms with Gasteiger partial charge in [0.05, 0.1) is 29.2 Å². The Morgan fingerprint density at radius 3 is 2.07 bits per heavy atom. The van der Waals surface area contributed by atoms with Crippen LogP contribution in [0.5, 0.6) is 0 Å². The molecule has 1 aliphatic rings. The molecule has 142 valence electrons. The zero-order chi connectivity index (χ0) is 20.4. The number of hydrogen-bond donors (Lipinski definition) is 0. The Morgan fingerprint density at radius 2 is 1.52 bits per heavy atom. The van der Waals surface area contributed by atoms with Gasteiger partial charge in [0.15, 0.2) is 0 Å². The summed E-state index contributed by atoms with van der Waals surface area (Å²) in [4.78, 5) is 40.8. The Hall–Kier alpha value is -4.13. The lowest BCUT2D eigenvalue weighted by Gasteiger charge is -2.22. The number of hydrogen-bond acceptors (Lipinski definition) is 5. The van der Waals surface area contributed by atoms with E-state index in [0.717, 1.165) is 10.6 Å². The van der Waals surface area contributed by atoms with Gasteiger partial charge in [0.1, 0.15) is 0 Å². The third-order valence-corrected chi connectivity index (χ3v) is 4.59. The molecular weight excluding hydrogens is 368 g/mol. The van der Waals surface area contributed by atoms with Gasteiger partial charge in [-0.15, -0.1) is 6.58 Å². The van der Waals surface area contributed by atoms with Gasteiger partial charge in [-0.3, -0.25) is 14.4 Å². The number of imide groups is 1. The van der Waals surface area contributed by atoms with E-state index in [4.69, 9.17) is 0 Å². The van der Waals surface area contributed by atoms with E-state index >= 15 is 0 Å². The van der Waals surface area contributed by atoms with Crippen LogP contribution in [0, 0.1) is 0 Å². The third kappa shape index (κ3) is 3.19. The highest BCUT2D eigenvalue weighted by molar-refractivity contribution is 6.34. The predicted molar refractivity (Wildman–Crippen MR) is 108 cm³/mol. The summed E-state index contributed by atoms with van der Waals surface area (Å²) >= 11 is 0. The van der Waals surface area contributed by atoms with Gasteiger partial charge in [0, 0.05) is 17.8 Å². The van der Waals surface area contributed by atoms with Crippen molar-refractivity contribution in [1.29, 1.82) is 0 Å². The molecule has 4 rings (SSSR count). The topological polar surface area (TPSA) is 83.5 Å². The van der Waals surface area contributed by atoms with E-state index in [0.29, 0.717) is 17.8 Å². The molecule has 0 aliphatic carbocycles.